The van der Waals surface area contributed by atoms with Gasteiger partial charge in [0.2, 0.25) is 5.91 Å². The second-order valence-electron chi connectivity index (χ2n) is 6.36. The van der Waals surface area contributed by atoms with E-state index >= 15 is 0 Å². The molecule has 0 saturated carbocycles. The van der Waals surface area contributed by atoms with E-state index < -0.39 is 5.92 Å². The Kier molecular flexibility index (Phi) is 4.66. The number of ether oxygens (including phenoxy) is 1. The van der Waals surface area contributed by atoms with Crippen molar-refractivity contribution >= 4 is 17.6 Å². The molecule has 1 saturated heterocycles. The third-order valence-corrected chi connectivity index (χ3v) is 4.84. The van der Waals surface area contributed by atoms with E-state index in [1.54, 1.807) is 6.92 Å². The molecule has 5 nitrogen and oxygen atoms in total. The molecule has 0 aromatic heterocycles. The van der Waals surface area contributed by atoms with E-state index in [-0.39, 0.29) is 24.3 Å². The molecule has 5 heteroatoms. The third kappa shape index (κ3) is 3.11. The minimum atomic E-state index is -0.398. The molecule has 1 unspecified atom stereocenters. The van der Waals surface area contributed by atoms with Gasteiger partial charge in [0.15, 0.2) is 0 Å². The SMILES string of the molecule is CCOC(=O)CC1C(=O)N(C2CCN(C)CC2)c2ccccc21. The van der Waals surface area contributed by atoms with Crippen LogP contribution in [0.2, 0.25) is 0 Å². The second-order valence-corrected chi connectivity index (χ2v) is 6.36. The quantitative estimate of drug-likeness (QED) is 0.799. The molecule has 2 heterocycles. The Morgan fingerprint density at radius 1 is 1.26 bits per heavy atom. The van der Waals surface area contributed by atoms with Gasteiger partial charge in [-0.25, -0.2) is 0 Å². The summed E-state index contributed by atoms with van der Waals surface area (Å²) < 4.78 is 5.05. The van der Waals surface area contributed by atoms with Crippen LogP contribution in [0.25, 0.3) is 0 Å². The highest BCUT2D eigenvalue weighted by Gasteiger charge is 2.42. The first-order valence-electron chi connectivity index (χ1n) is 8.38. The molecule has 1 fully saturated rings. The van der Waals surface area contributed by atoms with Crippen molar-refractivity contribution in [3.63, 3.8) is 0 Å². The number of anilines is 1. The molecule has 3 rings (SSSR count). The zero-order chi connectivity index (χ0) is 16.4. The van der Waals surface area contributed by atoms with Gasteiger partial charge >= 0.3 is 5.97 Å². The van der Waals surface area contributed by atoms with E-state index in [4.69, 9.17) is 4.74 Å². The summed E-state index contributed by atoms with van der Waals surface area (Å²) in [5, 5.41) is 0. The molecular formula is C18H24N2O3. The number of piperidine rings is 1. The fourth-order valence-corrected chi connectivity index (χ4v) is 3.63. The molecule has 1 aromatic rings. The van der Waals surface area contributed by atoms with Crippen LogP contribution in [-0.2, 0) is 14.3 Å². The number of esters is 1. The molecule has 2 aliphatic heterocycles. The van der Waals surface area contributed by atoms with Crippen LogP contribution in [0.3, 0.4) is 0 Å². The van der Waals surface area contributed by atoms with Crippen LogP contribution in [-0.4, -0.2) is 49.6 Å². The lowest BCUT2D eigenvalue weighted by Gasteiger charge is -2.35. The van der Waals surface area contributed by atoms with E-state index in [0.717, 1.165) is 37.2 Å². The van der Waals surface area contributed by atoms with Crippen molar-refractivity contribution in [1.82, 2.24) is 4.90 Å². The zero-order valence-corrected chi connectivity index (χ0v) is 13.8. The average molecular weight is 316 g/mol. The number of rotatable bonds is 4. The Morgan fingerprint density at radius 3 is 2.65 bits per heavy atom. The van der Waals surface area contributed by atoms with Crippen LogP contribution in [0, 0.1) is 0 Å². The van der Waals surface area contributed by atoms with Crippen molar-refractivity contribution in [1.29, 1.82) is 0 Å². The predicted octanol–water partition coefficient (Wildman–Crippen LogP) is 2.16. The predicted molar refractivity (Wildman–Crippen MR) is 88.4 cm³/mol. The van der Waals surface area contributed by atoms with Gasteiger partial charge in [-0.1, -0.05) is 18.2 Å². The molecule has 124 valence electrons. The Bertz CT molecular complexity index is 594. The van der Waals surface area contributed by atoms with Gasteiger partial charge in [0.05, 0.1) is 18.9 Å². The lowest BCUT2D eigenvalue weighted by Crippen LogP contribution is -2.45. The summed E-state index contributed by atoms with van der Waals surface area (Å²) in [6, 6.07) is 8.08. The average Bonchev–Trinajstić information content (AvgIpc) is 2.81. The minimum Gasteiger partial charge on any atom is -0.466 e. The maximum Gasteiger partial charge on any atom is 0.306 e. The Hall–Kier alpha value is -1.88. The minimum absolute atomic E-state index is 0.0498. The van der Waals surface area contributed by atoms with Crippen LogP contribution >= 0.6 is 0 Å². The van der Waals surface area contributed by atoms with Crippen molar-refractivity contribution in [2.45, 2.75) is 38.1 Å². The van der Waals surface area contributed by atoms with E-state index in [0.29, 0.717) is 6.61 Å². The van der Waals surface area contributed by atoms with E-state index in [9.17, 15) is 9.59 Å². The van der Waals surface area contributed by atoms with Gasteiger partial charge in [-0.2, -0.15) is 0 Å². The normalized spacial score (nSPS) is 22.3. The fraction of sp³-hybridized carbons (Fsp3) is 0.556. The molecule has 1 atom stereocenters. The number of benzene rings is 1. The molecule has 0 N–H and O–H groups in total. The Labute approximate surface area is 137 Å². The summed E-state index contributed by atoms with van der Waals surface area (Å²) in [5.74, 6) is -0.649. The molecule has 0 aliphatic carbocycles. The maximum absolute atomic E-state index is 13.0. The van der Waals surface area contributed by atoms with Gasteiger partial charge < -0.3 is 14.5 Å². The molecular weight excluding hydrogens is 292 g/mol. The molecule has 2 aliphatic rings. The third-order valence-electron chi connectivity index (χ3n) is 4.84. The number of hydrogen-bond acceptors (Lipinski definition) is 4. The van der Waals surface area contributed by atoms with Gasteiger partial charge in [-0.15, -0.1) is 0 Å². The van der Waals surface area contributed by atoms with Gasteiger partial charge in [0.25, 0.3) is 0 Å². The number of para-hydroxylation sites is 1. The Morgan fingerprint density at radius 2 is 1.96 bits per heavy atom. The van der Waals surface area contributed by atoms with E-state index in [1.165, 1.54) is 0 Å². The van der Waals surface area contributed by atoms with Crippen molar-refractivity contribution in [2.24, 2.45) is 0 Å². The van der Waals surface area contributed by atoms with Crippen LogP contribution in [0.15, 0.2) is 24.3 Å². The number of fused-ring (bicyclic) bond motifs is 1. The van der Waals surface area contributed by atoms with E-state index in [1.807, 2.05) is 29.2 Å². The molecule has 1 aromatic carbocycles. The van der Waals surface area contributed by atoms with Crippen LogP contribution in [0.5, 0.6) is 0 Å². The number of amides is 1. The van der Waals surface area contributed by atoms with Crippen LogP contribution in [0.1, 0.15) is 37.7 Å². The molecule has 0 bridgehead atoms. The molecule has 0 spiro atoms. The monoisotopic (exact) mass is 316 g/mol. The fourth-order valence-electron chi connectivity index (χ4n) is 3.63. The lowest BCUT2D eigenvalue weighted by molar-refractivity contribution is -0.144. The first-order valence-corrected chi connectivity index (χ1v) is 8.38. The van der Waals surface area contributed by atoms with Crippen molar-refractivity contribution in [2.75, 3.05) is 31.6 Å². The summed E-state index contributed by atoms with van der Waals surface area (Å²) >= 11 is 0. The van der Waals surface area contributed by atoms with Crippen molar-refractivity contribution in [3.8, 4) is 0 Å². The van der Waals surface area contributed by atoms with Crippen molar-refractivity contribution in [3.05, 3.63) is 29.8 Å². The number of nitrogens with zero attached hydrogens (tertiary/aromatic N) is 2. The van der Waals surface area contributed by atoms with Gasteiger partial charge in [-0.3, -0.25) is 9.59 Å². The van der Waals surface area contributed by atoms with Gasteiger partial charge in [0, 0.05) is 11.7 Å². The highest BCUT2D eigenvalue weighted by molar-refractivity contribution is 6.06. The van der Waals surface area contributed by atoms with E-state index in [2.05, 4.69) is 11.9 Å². The molecule has 0 radical (unpaired) electrons. The lowest BCUT2D eigenvalue weighted by atomic mass is 9.97. The second kappa shape index (κ2) is 6.71. The first kappa shape index (κ1) is 16.0. The highest BCUT2D eigenvalue weighted by Crippen LogP contribution is 2.41. The Balaban J connectivity index is 1.84. The highest BCUT2D eigenvalue weighted by atomic mass is 16.5. The summed E-state index contributed by atoms with van der Waals surface area (Å²) in [6.45, 7) is 4.13. The molecule has 23 heavy (non-hydrogen) atoms. The maximum atomic E-state index is 13.0. The molecule has 1 amide bonds. The topological polar surface area (TPSA) is 49.9 Å². The largest absolute Gasteiger partial charge is 0.466 e. The van der Waals surface area contributed by atoms with Gasteiger partial charge in [0.1, 0.15) is 0 Å². The number of hydrogen-bond donors (Lipinski definition) is 0. The zero-order valence-electron chi connectivity index (χ0n) is 13.8. The summed E-state index contributed by atoms with van der Waals surface area (Å²) in [4.78, 5) is 29.1. The smallest absolute Gasteiger partial charge is 0.306 e. The standard InChI is InChI=1S/C18H24N2O3/c1-3-23-17(21)12-15-14-6-4-5-7-16(14)20(18(15)22)13-8-10-19(2)11-9-13/h4-7,13,15H,3,8-12H2,1-2H3. The summed E-state index contributed by atoms with van der Waals surface area (Å²) in [5.41, 5.74) is 1.94. The van der Waals surface area contributed by atoms with Gasteiger partial charge in [-0.05, 0) is 51.5 Å². The number of carbonyl (C=O) groups is 2. The first-order chi connectivity index (χ1) is 11.1. The summed E-state index contributed by atoms with van der Waals surface area (Å²) in [7, 11) is 2.11. The van der Waals surface area contributed by atoms with Crippen LogP contribution < -0.4 is 4.90 Å². The van der Waals surface area contributed by atoms with Crippen LogP contribution in [0.4, 0.5) is 5.69 Å². The number of likely N-dealkylation sites (tertiary alicyclic amines) is 1. The number of carbonyl (C=O) groups excluding carboxylic acids is 2. The summed E-state index contributed by atoms with van der Waals surface area (Å²) in [6.07, 6.45) is 2.08. The van der Waals surface area contributed by atoms with Crippen molar-refractivity contribution < 1.29 is 14.3 Å².